The fourth-order valence-electron chi connectivity index (χ4n) is 5.55. The van der Waals surface area contributed by atoms with Crippen molar-refractivity contribution in [3.63, 3.8) is 0 Å². The summed E-state index contributed by atoms with van der Waals surface area (Å²) in [5.41, 5.74) is 2.13. The van der Waals surface area contributed by atoms with E-state index in [4.69, 9.17) is 23.9 Å². The second-order valence-electron chi connectivity index (χ2n) is 10.5. The first kappa shape index (κ1) is 32.0. The molecule has 238 valence electrons. The molecule has 2 aromatic carbocycles. The molecule has 45 heavy (non-hydrogen) atoms. The van der Waals surface area contributed by atoms with Gasteiger partial charge in [0.1, 0.15) is 11.8 Å². The fourth-order valence-corrected chi connectivity index (χ4v) is 6.60. The number of fused-ring (bicyclic) bond motifs is 1. The second-order valence-corrected chi connectivity index (χ2v) is 11.5. The Labute approximate surface area is 265 Å². The van der Waals surface area contributed by atoms with Crippen molar-refractivity contribution in [2.75, 3.05) is 60.2 Å². The van der Waals surface area contributed by atoms with Crippen molar-refractivity contribution in [2.24, 2.45) is 4.99 Å². The van der Waals surface area contributed by atoms with Crippen LogP contribution in [-0.2, 0) is 14.3 Å². The largest absolute Gasteiger partial charge is 0.496 e. The number of nitrogens with zero attached hydrogens (tertiary/aromatic N) is 4. The number of aromatic nitrogens is 1. The Balaban J connectivity index is 1.53. The minimum absolute atomic E-state index is 0.120. The summed E-state index contributed by atoms with van der Waals surface area (Å²) < 4.78 is 24.4. The van der Waals surface area contributed by atoms with E-state index in [0.29, 0.717) is 88.4 Å². The summed E-state index contributed by atoms with van der Waals surface area (Å²) in [4.78, 5) is 49.2. The van der Waals surface area contributed by atoms with Gasteiger partial charge in [-0.15, -0.1) is 0 Å². The normalized spacial score (nSPS) is 16.6. The lowest BCUT2D eigenvalue weighted by Crippen LogP contribution is -2.43. The highest BCUT2D eigenvalue weighted by Crippen LogP contribution is 2.36. The number of rotatable bonds is 10. The summed E-state index contributed by atoms with van der Waals surface area (Å²) in [6.07, 6.45) is 1.76. The van der Waals surface area contributed by atoms with Crippen LogP contribution in [0.5, 0.6) is 17.2 Å². The standard InChI is InChI=1S/C33H38N4O7S/c1-6-35(7-2)32(40)29-21(3)34-33-37(30(29)23-10-8-9-11-24(23)41-4)31(39)27(45-33)19-22-12-13-25(26(18-22)42-5)44-20-28(38)36-14-16-43-17-15-36/h8-13,18-19,30H,6-7,14-17,20H2,1-5H3/b27-19-/t30-/m0/s1. The molecule has 11 nitrogen and oxygen atoms in total. The van der Waals surface area contributed by atoms with Gasteiger partial charge in [-0.05, 0) is 50.6 Å². The van der Waals surface area contributed by atoms with Crippen molar-refractivity contribution in [3.8, 4) is 17.2 Å². The van der Waals surface area contributed by atoms with E-state index in [2.05, 4.69) is 0 Å². The zero-order valence-corrected chi connectivity index (χ0v) is 27.0. The quantitative estimate of drug-likeness (QED) is 0.337. The molecule has 1 aromatic heterocycles. The van der Waals surface area contributed by atoms with Crippen LogP contribution >= 0.6 is 11.3 Å². The van der Waals surface area contributed by atoms with Crippen LogP contribution in [0.25, 0.3) is 6.08 Å². The zero-order chi connectivity index (χ0) is 32.1. The van der Waals surface area contributed by atoms with Crippen molar-refractivity contribution in [2.45, 2.75) is 26.8 Å². The summed E-state index contributed by atoms with van der Waals surface area (Å²) in [5, 5.41) is 0. The van der Waals surface area contributed by atoms with Crippen LogP contribution in [0.2, 0.25) is 0 Å². The number of ether oxygens (including phenoxy) is 4. The fraction of sp³-hybridized carbons (Fsp3) is 0.394. The molecule has 0 saturated carbocycles. The molecule has 0 radical (unpaired) electrons. The van der Waals surface area contributed by atoms with Crippen LogP contribution < -0.4 is 29.1 Å². The second kappa shape index (κ2) is 14.1. The van der Waals surface area contributed by atoms with Crippen LogP contribution in [0.3, 0.4) is 0 Å². The maximum Gasteiger partial charge on any atom is 0.271 e. The van der Waals surface area contributed by atoms with Gasteiger partial charge in [-0.3, -0.25) is 19.0 Å². The van der Waals surface area contributed by atoms with Gasteiger partial charge in [-0.25, -0.2) is 4.99 Å². The van der Waals surface area contributed by atoms with E-state index >= 15 is 0 Å². The molecule has 0 unspecified atom stereocenters. The molecule has 3 aromatic rings. The number of thiazole rings is 1. The number of hydrogen-bond acceptors (Lipinski definition) is 9. The zero-order valence-electron chi connectivity index (χ0n) is 26.2. The minimum atomic E-state index is -0.720. The Bertz CT molecular complexity index is 1780. The molecule has 0 aliphatic carbocycles. The number of carbonyl (C=O) groups is 2. The summed E-state index contributed by atoms with van der Waals surface area (Å²) in [6, 6.07) is 12.0. The van der Waals surface area contributed by atoms with Gasteiger partial charge in [-0.2, -0.15) is 0 Å². The summed E-state index contributed by atoms with van der Waals surface area (Å²) in [7, 11) is 3.10. The lowest BCUT2D eigenvalue weighted by Gasteiger charge is -2.29. The van der Waals surface area contributed by atoms with Crippen LogP contribution in [0.4, 0.5) is 0 Å². The number of likely N-dealkylation sites (N-methyl/N-ethyl adjacent to an activating group) is 1. The van der Waals surface area contributed by atoms with Crippen LogP contribution in [0.15, 0.2) is 63.5 Å². The predicted octanol–water partition coefficient (Wildman–Crippen LogP) is 2.36. The van der Waals surface area contributed by atoms with Crippen molar-refractivity contribution in [1.82, 2.24) is 14.4 Å². The molecule has 1 saturated heterocycles. The monoisotopic (exact) mass is 634 g/mol. The number of benzene rings is 2. The number of hydrogen-bond donors (Lipinski definition) is 0. The van der Waals surface area contributed by atoms with Crippen molar-refractivity contribution in [1.29, 1.82) is 0 Å². The maximum absolute atomic E-state index is 14.1. The number of morpholine rings is 1. The van der Waals surface area contributed by atoms with E-state index < -0.39 is 6.04 Å². The Morgan fingerprint density at radius 3 is 2.44 bits per heavy atom. The maximum atomic E-state index is 14.1. The predicted molar refractivity (Wildman–Crippen MR) is 171 cm³/mol. The molecule has 12 heteroatoms. The molecule has 0 spiro atoms. The highest BCUT2D eigenvalue weighted by atomic mass is 32.1. The third-order valence-corrected chi connectivity index (χ3v) is 8.92. The average Bonchev–Trinajstić information content (AvgIpc) is 3.37. The SMILES string of the molecule is CCN(CC)C(=O)C1=C(C)N=c2s/c(=C\c3ccc(OCC(=O)N4CCOCC4)c(OC)c3)c(=O)n2[C@H]1c1ccccc1OC. The summed E-state index contributed by atoms with van der Waals surface area (Å²) in [5.74, 6) is 1.14. The first-order valence-corrected chi connectivity index (χ1v) is 15.7. The van der Waals surface area contributed by atoms with Gasteiger partial charge in [-0.1, -0.05) is 35.6 Å². The van der Waals surface area contributed by atoms with Gasteiger partial charge >= 0.3 is 0 Å². The molecule has 2 aliphatic rings. The summed E-state index contributed by atoms with van der Waals surface area (Å²) in [6.45, 7) is 8.71. The topological polar surface area (TPSA) is 112 Å². The molecule has 2 amide bonds. The van der Waals surface area contributed by atoms with E-state index in [1.54, 1.807) is 45.8 Å². The number of carbonyl (C=O) groups excluding carboxylic acids is 2. The van der Waals surface area contributed by atoms with Crippen LogP contribution in [0, 0.1) is 0 Å². The van der Waals surface area contributed by atoms with E-state index in [1.165, 1.54) is 18.4 Å². The number of amides is 2. The molecule has 5 rings (SSSR count). The van der Waals surface area contributed by atoms with Gasteiger partial charge in [0.25, 0.3) is 17.4 Å². The third-order valence-electron chi connectivity index (χ3n) is 7.94. The lowest BCUT2D eigenvalue weighted by atomic mass is 9.94. The van der Waals surface area contributed by atoms with Crippen molar-refractivity contribution in [3.05, 3.63) is 84.5 Å². The van der Waals surface area contributed by atoms with Crippen molar-refractivity contribution >= 4 is 29.2 Å². The Morgan fingerprint density at radius 1 is 1.04 bits per heavy atom. The lowest BCUT2D eigenvalue weighted by molar-refractivity contribution is -0.137. The molecule has 2 aliphatic heterocycles. The molecule has 3 heterocycles. The smallest absolute Gasteiger partial charge is 0.271 e. The van der Waals surface area contributed by atoms with Crippen LogP contribution in [-0.4, -0.2) is 86.4 Å². The Kier molecular flexibility index (Phi) is 10.0. The number of allylic oxidation sites excluding steroid dienone is 1. The molecular formula is C33H38N4O7S. The highest BCUT2D eigenvalue weighted by molar-refractivity contribution is 7.07. The van der Waals surface area contributed by atoms with Crippen LogP contribution in [0.1, 0.15) is 37.9 Å². The van der Waals surface area contributed by atoms with Gasteiger partial charge in [0.15, 0.2) is 22.9 Å². The number of methoxy groups -OCH3 is 2. The number of para-hydroxylation sites is 1. The molecule has 1 atom stereocenters. The van der Waals surface area contributed by atoms with Gasteiger partial charge < -0.3 is 28.7 Å². The van der Waals surface area contributed by atoms with Gasteiger partial charge in [0.05, 0.1) is 43.2 Å². The molecular weight excluding hydrogens is 596 g/mol. The minimum Gasteiger partial charge on any atom is -0.496 e. The van der Waals surface area contributed by atoms with E-state index in [9.17, 15) is 14.4 Å². The first-order valence-electron chi connectivity index (χ1n) is 14.9. The van der Waals surface area contributed by atoms with Gasteiger partial charge in [0.2, 0.25) is 0 Å². The highest BCUT2D eigenvalue weighted by Gasteiger charge is 2.35. The van der Waals surface area contributed by atoms with E-state index in [-0.39, 0.29) is 24.0 Å². The van der Waals surface area contributed by atoms with E-state index in [0.717, 1.165) is 0 Å². The van der Waals surface area contributed by atoms with Crippen molar-refractivity contribution < 1.29 is 28.5 Å². The Hall–Kier alpha value is -4.42. The average molecular weight is 635 g/mol. The molecule has 1 fully saturated rings. The molecule has 0 N–H and O–H groups in total. The molecule has 0 bridgehead atoms. The van der Waals surface area contributed by atoms with Gasteiger partial charge in [0, 0.05) is 31.7 Å². The first-order chi connectivity index (χ1) is 21.8. The summed E-state index contributed by atoms with van der Waals surface area (Å²) >= 11 is 1.25. The van der Waals surface area contributed by atoms with E-state index in [1.807, 2.05) is 45.0 Å². The Morgan fingerprint density at radius 2 is 1.76 bits per heavy atom. The third kappa shape index (κ3) is 6.52.